The third-order valence-electron chi connectivity index (χ3n) is 3.98. The van der Waals surface area contributed by atoms with E-state index in [9.17, 15) is 8.42 Å². The molecule has 9 heteroatoms. The van der Waals surface area contributed by atoms with Gasteiger partial charge in [-0.3, -0.25) is 4.99 Å². The fourth-order valence-corrected chi connectivity index (χ4v) is 3.28. The predicted molar refractivity (Wildman–Crippen MR) is 117 cm³/mol. The summed E-state index contributed by atoms with van der Waals surface area (Å²) in [5, 5.41) is 6.21. The van der Waals surface area contributed by atoms with Crippen molar-refractivity contribution in [2.45, 2.75) is 57.8 Å². The lowest BCUT2D eigenvalue weighted by atomic mass is 10.2. The molecule has 1 fully saturated rings. The molecule has 0 bridgehead atoms. The van der Waals surface area contributed by atoms with Gasteiger partial charge in [0.1, 0.15) is 0 Å². The Bertz CT molecular complexity index is 501. The maximum atomic E-state index is 12.1. The highest BCUT2D eigenvalue weighted by Crippen LogP contribution is 2.15. The summed E-state index contributed by atoms with van der Waals surface area (Å²) in [5.74, 6) is 0.733. The highest BCUT2D eigenvalue weighted by molar-refractivity contribution is 14.0. The molecule has 0 aromatic rings. The predicted octanol–water partition coefficient (Wildman–Crippen LogP) is 1.96. The van der Waals surface area contributed by atoms with E-state index >= 15 is 0 Å². The Morgan fingerprint density at radius 1 is 1.31 bits per heavy atom. The summed E-state index contributed by atoms with van der Waals surface area (Å²) in [5.41, 5.74) is 0. The van der Waals surface area contributed by atoms with E-state index in [2.05, 4.69) is 15.6 Å². The van der Waals surface area contributed by atoms with Crippen LogP contribution in [0.1, 0.15) is 47.0 Å². The Balaban J connectivity index is 0.00000625. The van der Waals surface area contributed by atoms with Gasteiger partial charge >= 0.3 is 0 Å². The lowest BCUT2D eigenvalue weighted by Gasteiger charge is -2.19. The number of nitrogens with zero attached hydrogens (tertiary/aromatic N) is 1. The van der Waals surface area contributed by atoms with Crippen LogP contribution in [0.2, 0.25) is 0 Å². The third-order valence-corrected chi connectivity index (χ3v) is 6.59. The molecule has 156 valence electrons. The maximum Gasteiger partial charge on any atom is 0.191 e. The number of sulfone groups is 1. The van der Waals surface area contributed by atoms with E-state index in [1.54, 1.807) is 20.8 Å². The molecule has 0 aliphatic carbocycles. The van der Waals surface area contributed by atoms with Crippen molar-refractivity contribution in [2.75, 3.05) is 45.2 Å². The van der Waals surface area contributed by atoms with Crippen LogP contribution in [0, 0.1) is 0 Å². The van der Waals surface area contributed by atoms with Gasteiger partial charge in [0.2, 0.25) is 0 Å². The highest BCUT2D eigenvalue weighted by Gasteiger charge is 2.28. The van der Waals surface area contributed by atoms with Crippen LogP contribution in [0.15, 0.2) is 4.99 Å². The van der Waals surface area contributed by atoms with Crippen LogP contribution in [0.4, 0.5) is 0 Å². The van der Waals surface area contributed by atoms with E-state index in [0.29, 0.717) is 32.3 Å². The molecule has 26 heavy (non-hydrogen) atoms. The number of guanidine groups is 1. The van der Waals surface area contributed by atoms with Crippen LogP contribution in [0.5, 0.6) is 0 Å². The minimum absolute atomic E-state index is 0. The Hall–Kier alpha value is -0.130. The van der Waals surface area contributed by atoms with Crippen LogP contribution in [-0.4, -0.2) is 70.4 Å². The van der Waals surface area contributed by atoms with E-state index < -0.39 is 14.6 Å². The van der Waals surface area contributed by atoms with Crippen molar-refractivity contribution >= 4 is 39.8 Å². The number of aliphatic imine (C=N–C) groups is 1. The quantitative estimate of drug-likeness (QED) is 0.204. The monoisotopic (exact) mass is 505 g/mol. The lowest BCUT2D eigenvalue weighted by Crippen LogP contribution is -2.41. The molecule has 0 spiro atoms. The SMILES string of the molecule is CCNC(=NCCCOCC1CCCO1)NCCS(=O)(=O)C(C)(C)C.I. The van der Waals surface area contributed by atoms with Crippen LogP contribution < -0.4 is 10.6 Å². The van der Waals surface area contributed by atoms with Crippen molar-refractivity contribution in [3.05, 3.63) is 0 Å². The van der Waals surface area contributed by atoms with Gasteiger partial charge < -0.3 is 20.1 Å². The van der Waals surface area contributed by atoms with Crippen LogP contribution in [-0.2, 0) is 19.3 Å². The van der Waals surface area contributed by atoms with Crippen molar-refractivity contribution in [1.29, 1.82) is 0 Å². The molecule has 0 saturated carbocycles. The van der Waals surface area contributed by atoms with Crippen LogP contribution in [0.25, 0.3) is 0 Å². The molecule has 7 nitrogen and oxygen atoms in total. The molecule has 0 aromatic carbocycles. The van der Waals surface area contributed by atoms with Crippen molar-refractivity contribution in [2.24, 2.45) is 4.99 Å². The van der Waals surface area contributed by atoms with Crippen molar-refractivity contribution in [1.82, 2.24) is 10.6 Å². The lowest BCUT2D eigenvalue weighted by molar-refractivity contribution is 0.0171. The summed E-state index contributed by atoms with van der Waals surface area (Å²) in [4.78, 5) is 4.45. The van der Waals surface area contributed by atoms with Gasteiger partial charge in [-0.05, 0) is 47.0 Å². The second-order valence-corrected chi connectivity index (χ2v) is 10.0. The first-order chi connectivity index (χ1) is 11.8. The zero-order valence-electron chi connectivity index (χ0n) is 16.5. The van der Waals surface area contributed by atoms with Gasteiger partial charge in [-0.25, -0.2) is 8.42 Å². The van der Waals surface area contributed by atoms with Gasteiger partial charge in [-0.1, -0.05) is 0 Å². The van der Waals surface area contributed by atoms with E-state index in [1.807, 2.05) is 6.92 Å². The molecule has 1 aliphatic rings. The highest BCUT2D eigenvalue weighted by atomic mass is 127. The Morgan fingerprint density at radius 3 is 2.62 bits per heavy atom. The summed E-state index contributed by atoms with van der Waals surface area (Å²) < 4.78 is 34.6. The molecule has 1 rings (SSSR count). The summed E-state index contributed by atoms with van der Waals surface area (Å²) in [7, 11) is -3.13. The summed E-state index contributed by atoms with van der Waals surface area (Å²) in [6, 6.07) is 0. The topological polar surface area (TPSA) is 89.0 Å². The minimum Gasteiger partial charge on any atom is -0.379 e. The number of hydrogen-bond acceptors (Lipinski definition) is 5. The number of rotatable bonds is 10. The fourth-order valence-electron chi connectivity index (χ4n) is 2.30. The van der Waals surface area contributed by atoms with Gasteiger partial charge in [0.15, 0.2) is 15.8 Å². The van der Waals surface area contributed by atoms with Gasteiger partial charge in [-0.15, -0.1) is 24.0 Å². The molecule has 2 N–H and O–H groups in total. The number of hydrogen-bond donors (Lipinski definition) is 2. The number of ether oxygens (including phenoxy) is 2. The molecule has 0 radical (unpaired) electrons. The van der Waals surface area contributed by atoms with Crippen LogP contribution in [0.3, 0.4) is 0 Å². The summed E-state index contributed by atoms with van der Waals surface area (Å²) in [6.45, 7) is 11.0. The maximum absolute atomic E-state index is 12.1. The van der Waals surface area contributed by atoms with E-state index in [4.69, 9.17) is 9.47 Å². The first-order valence-electron chi connectivity index (χ1n) is 9.20. The van der Waals surface area contributed by atoms with Crippen molar-refractivity contribution in [3.8, 4) is 0 Å². The number of nitrogens with one attached hydrogen (secondary N) is 2. The standard InChI is InChI=1S/C17H35N3O4S.HI/c1-5-18-16(20-10-13-25(21,22)17(2,3)4)19-9-7-11-23-14-15-8-6-12-24-15;/h15H,5-14H2,1-4H3,(H2,18,19,20);1H. The summed E-state index contributed by atoms with van der Waals surface area (Å²) in [6.07, 6.45) is 3.29. The van der Waals surface area contributed by atoms with Crippen LogP contribution >= 0.6 is 24.0 Å². The molecule has 1 heterocycles. The number of halogens is 1. The van der Waals surface area contributed by atoms with Gasteiger partial charge in [0, 0.05) is 32.8 Å². The smallest absolute Gasteiger partial charge is 0.191 e. The minimum atomic E-state index is -3.13. The molecule has 1 unspecified atom stereocenters. The van der Waals surface area contributed by atoms with E-state index in [-0.39, 0.29) is 35.8 Å². The third kappa shape index (κ3) is 10.3. The van der Waals surface area contributed by atoms with Crippen molar-refractivity contribution < 1.29 is 17.9 Å². The van der Waals surface area contributed by atoms with E-state index in [0.717, 1.165) is 32.4 Å². The molecule has 0 amide bonds. The second-order valence-electron chi connectivity index (χ2n) is 7.18. The Morgan fingerprint density at radius 2 is 2.04 bits per heavy atom. The summed E-state index contributed by atoms with van der Waals surface area (Å²) >= 11 is 0. The molecular weight excluding hydrogens is 469 g/mol. The normalized spacial score (nSPS) is 18.5. The molecule has 1 aliphatic heterocycles. The largest absolute Gasteiger partial charge is 0.379 e. The van der Waals surface area contributed by atoms with Gasteiger partial charge in [-0.2, -0.15) is 0 Å². The van der Waals surface area contributed by atoms with E-state index in [1.165, 1.54) is 0 Å². The Labute approximate surface area is 176 Å². The van der Waals surface area contributed by atoms with Gasteiger partial charge in [0.05, 0.1) is 23.2 Å². The first-order valence-corrected chi connectivity index (χ1v) is 10.9. The second kappa shape index (κ2) is 13.1. The first kappa shape index (κ1) is 25.9. The average Bonchev–Trinajstić information content (AvgIpc) is 3.02. The fraction of sp³-hybridized carbons (Fsp3) is 0.941. The molecule has 0 aromatic heterocycles. The Kier molecular flexibility index (Phi) is 13.0. The molecular formula is C17H36IN3O4S. The van der Waals surface area contributed by atoms with Crippen molar-refractivity contribution in [3.63, 3.8) is 0 Å². The average molecular weight is 505 g/mol. The van der Waals surface area contributed by atoms with Gasteiger partial charge in [0.25, 0.3) is 0 Å². The molecule has 1 atom stereocenters. The zero-order chi connectivity index (χ0) is 18.8. The zero-order valence-corrected chi connectivity index (χ0v) is 19.7. The molecule has 1 saturated heterocycles.